The molecule has 2 saturated heterocycles. The summed E-state index contributed by atoms with van der Waals surface area (Å²) in [5.41, 5.74) is 1.81. The zero-order valence-corrected chi connectivity index (χ0v) is 21.4. The third kappa shape index (κ3) is 7.20. The van der Waals surface area contributed by atoms with E-state index >= 15 is 0 Å². The second-order valence-electron chi connectivity index (χ2n) is 9.86. The second kappa shape index (κ2) is 12.9. The first-order valence-electron chi connectivity index (χ1n) is 13.0. The third-order valence-corrected chi connectivity index (χ3v) is 7.57. The van der Waals surface area contributed by atoms with Gasteiger partial charge in [0.15, 0.2) is 0 Å². The number of ether oxygens (including phenoxy) is 1. The number of hydrogen-bond donors (Lipinski definition) is 2. The van der Waals surface area contributed by atoms with Gasteiger partial charge < -0.3 is 25.0 Å². The first-order chi connectivity index (χ1) is 17.9. The number of piperazine rings is 1. The van der Waals surface area contributed by atoms with Gasteiger partial charge in [-0.25, -0.2) is 9.18 Å². The standard InChI is InChI=1S/C28H37FN4O4/c1-37-25-9-5-3-7-23(25)20-32-16-18-33(19-17-32)27(34)26(30-28(35)36)22-11-14-31(15-12-22)13-10-21-6-2-4-8-24(21)29/h2-9,22,26,30H,10-20H2,1H3,(H,35,36). The molecule has 0 spiro atoms. The van der Waals surface area contributed by atoms with Gasteiger partial charge in [0.1, 0.15) is 17.6 Å². The average molecular weight is 513 g/mol. The van der Waals surface area contributed by atoms with E-state index in [0.717, 1.165) is 63.4 Å². The molecule has 2 heterocycles. The highest BCUT2D eigenvalue weighted by atomic mass is 19.1. The van der Waals surface area contributed by atoms with E-state index in [-0.39, 0.29) is 17.6 Å². The average Bonchev–Trinajstić information content (AvgIpc) is 2.92. The molecule has 0 aliphatic carbocycles. The molecule has 2 fully saturated rings. The van der Waals surface area contributed by atoms with E-state index in [1.807, 2.05) is 36.4 Å². The zero-order valence-electron chi connectivity index (χ0n) is 21.4. The normalized spacial score (nSPS) is 18.4. The van der Waals surface area contributed by atoms with Crippen molar-refractivity contribution in [2.75, 3.05) is 52.9 Å². The summed E-state index contributed by atoms with van der Waals surface area (Å²) in [6, 6.07) is 14.0. The molecule has 4 rings (SSSR count). The van der Waals surface area contributed by atoms with Crippen molar-refractivity contribution in [3.05, 3.63) is 65.5 Å². The van der Waals surface area contributed by atoms with Crippen LogP contribution in [0.15, 0.2) is 48.5 Å². The fourth-order valence-electron chi connectivity index (χ4n) is 5.40. The highest BCUT2D eigenvalue weighted by Crippen LogP contribution is 2.24. The van der Waals surface area contributed by atoms with E-state index < -0.39 is 12.1 Å². The van der Waals surface area contributed by atoms with Crippen LogP contribution < -0.4 is 10.1 Å². The molecule has 2 amide bonds. The Morgan fingerprint density at radius 3 is 2.27 bits per heavy atom. The molecule has 1 atom stereocenters. The molecule has 2 aliphatic rings. The van der Waals surface area contributed by atoms with Crippen LogP contribution in [0.5, 0.6) is 5.75 Å². The van der Waals surface area contributed by atoms with Crippen molar-refractivity contribution in [1.82, 2.24) is 20.0 Å². The van der Waals surface area contributed by atoms with Crippen LogP contribution in [0.3, 0.4) is 0 Å². The molecule has 0 aromatic heterocycles. The van der Waals surface area contributed by atoms with Gasteiger partial charge in [-0.15, -0.1) is 0 Å². The lowest BCUT2D eigenvalue weighted by Gasteiger charge is -2.40. The fraction of sp³-hybridized carbons (Fsp3) is 0.500. The Morgan fingerprint density at radius 1 is 0.973 bits per heavy atom. The molecule has 2 aliphatic heterocycles. The molecule has 37 heavy (non-hydrogen) atoms. The molecule has 1 unspecified atom stereocenters. The summed E-state index contributed by atoms with van der Waals surface area (Å²) < 4.78 is 19.4. The lowest BCUT2D eigenvalue weighted by molar-refractivity contribution is -0.137. The van der Waals surface area contributed by atoms with Gasteiger partial charge in [-0.1, -0.05) is 36.4 Å². The summed E-state index contributed by atoms with van der Waals surface area (Å²) in [5, 5.41) is 12.0. The minimum atomic E-state index is -1.17. The quantitative estimate of drug-likeness (QED) is 0.537. The van der Waals surface area contributed by atoms with E-state index in [0.29, 0.717) is 25.1 Å². The van der Waals surface area contributed by atoms with Crippen molar-refractivity contribution < 1.29 is 23.8 Å². The Kier molecular flexibility index (Phi) is 9.35. The lowest BCUT2D eigenvalue weighted by atomic mass is 9.88. The van der Waals surface area contributed by atoms with Gasteiger partial charge in [0.25, 0.3) is 0 Å². The fourth-order valence-corrected chi connectivity index (χ4v) is 5.40. The number of amides is 2. The second-order valence-corrected chi connectivity index (χ2v) is 9.86. The lowest BCUT2D eigenvalue weighted by Crippen LogP contribution is -2.57. The van der Waals surface area contributed by atoms with Gasteiger partial charge in [0, 0.05) is 44.8 Å². The Morgan fingerprint density at radius 2 is 1.62 bits per heavy atom. The van der Waals surface area contributed by atoms with Crippen LogP contribution in [-0.4, -0.2) is 90.8 Å². The van der Waals surface area contributed by atoms with E-state index in [1.165, 1.54) is 6.07 Å². The van der Waals surface area contributed by atoms with E-state index in [9.17, 15) is 19.1 Å². The van der Waals surface area contributed by atoms with Crippen molar-refractivity contribution in [3.8, 4) is 5.75 Å². The molecule has 2 aromatic carbocycles. The Bertz CT molecular complexity index is 1050. The Hall–Kier alpha value is -3.17. The molecule has 2 aromatic rings. The number of carbonyl (C=O) groups excluding carboxylic acids is 1. The topological polar surface area (TPSA) is 85.3 Å². The van der Waals surface area contributed by atoms with Gasteiger partial charge >= 0.3 is 6.09 Å². The molecule has 0 bridgehead atoms. The van der Waals surface area contributed by atoms with Gasteiger partial charge in [-0.3, -0.25) is 9.69 Å². The number of hydrogen-bond acceptors (Lipinski definition) is 5. The van der Waals surface area contributed by atoms with Crippen molar-refractivity contribution in [1.29, 1.82) is 0 Å². The minimum Gasteiger partial charge on any atom is -0.496 e. The maximum Gasteiger partial charge on any atom is 0.405 e. The molecular weight excluding hydrogens is 475 g/mol. The largest absolute Gasteiger partial charge is 0.496 e. The van der Waals surface area contributed by atoms with Crippen molar-refractivity contribution in [3.63, 3.8) is 0 Å². The summed E-state index contributed by atoms with van der Waals surface area (Å²) in [6.07, 6.45) is 0.908. The van der Waals surface area contributed by atoms with E-state index in [4.69, 9.17) is 4.74 Å². The van der Waals surface area contributed by atoms with Crippen molar-refractivity contribution in [2.24, 2.45) is 5.92 Å². The summed E-state index contributed by atoms with van der Waals surface area (Å²) in [5.74, 6) is 0.479. The molecule has 0 radical (unpaired) electrons. The molecular formula is C28H37FN4O4. The summed E-state index contributed by atoms with van der Waals surface area (Å²) in [7, 11) is 1.67. The number of rotatable bonds is 9. The molecule has 0 saturated carbocycles. The van der Waals surface area contributed by atoms with Crippen molar-refractivity contribution >= 4 is 12.0 Å². The van der Waals surface area contributed by atoms with Gasteiger partial charge in [-0.2, -0.15) is 0 Å². The number of nitrogens with one attached hydrogen (secondary N) is 1. The van der Waals surface area contributed by atoms with Crippen molar-refractivity contribution in [2.45, 2.75) is 31.8 Å². The predicted molar refractivity (Wildman–Crippen MR) is 139 cm³/mol. The maximum atomic E-state index is 13.9. The van der Waals surface area contributed by atoms with Crippen LogP contribution in [-0.2, 0) is 17.8 Å². The Labute approximate surface area is 218 Å². The minimum absolute atomic E-state index is 0.0556. The third-order valence-electron chi connectivity index (χ3n) is 7.57. The Balaban J connectivity index is 1.28. The molecule has 2 N–H and O–H groups in total. The van der Waals surface area contributed by atoms with E-state index in [1.54, 1.807) is 18.1 Å². The number of carbonyl (C=O) groups is 2. The zero-order chi connectivity index (χ0) is 26.2. The van der Waals surface area contributed by atoms with Gasteiger partial charge in [0.05, 0.1) is 7.11 Å². The number of methoxy groups -OCH3 is 1. The summed E-state index contributed by atoms with van der Waals surface area (Å²) in [4.78, 5) is 31.3. The number of para-hydroxylation sites is 1. The highest BCUT2D eigenvalue weighted by molar-refractivity contribution is 5.85. The number of likely N-dealkylation sites (tertiary alicyclic amines) is 1. The number of benzene rings is 2. The molecule has 200 valence electrons. The van der Waals surface area contributed by atoms with Crippen LogP contribution in [0, 0.1) is 11.7 Å². The summed E-state index contributed by atoms with van der Waals surface area (Å²) in [6.45, 7) is 5.57. The van der Waals surface area contributed by atoms with Crippen LogP contribution in [0.1, 0.15) is 24.0 Å². The van der Waals surface area contributed by atoms with Crippen LogP contribution in [0.2, 0.25) is 0 Å². The van der Waals surface area contributed by atoms with Crippen LogP contribution >= 0.6 is 0 Å². The smallest absolute Gasteiger partial charge is 0.405 e. The molecule has 8 nitrogen and oxygen atoms in total. The maximum absolute atomic E-state index is 13.9. The van der Waals surface area contributed by atoms with Crippen LogP contribution in [0.25, 0.3) is 0 Å². The molecule has 9 heteroatoms. The first-order valence-corrected chi connectivity index (χ1v) is 13.0. The van der Waals surface area contributed by atoms with Gasteiger partial charge in [-0.05, 0) is 56.0 Å². The summed E-state index contributed by atoms with van der Waals surface area (Å²) >= 11 is 0. The first kappa shape index (κ1) is 26.9. The van der Waals surface area contributed by atoms with E-state index in [2.05, 4.69) is 15.1 Å². The highest BCUT2D eigenvalue weighted by Gasteiger charge is 2.36. The van der Waals surface area contributed by atoms with Crippen LogP contribution in [0.4, 0.5) is 9.18 Å². The predicted octanol–water partition coefficient (Wildman–Crippen LogP) is 3.07. The monoisotopic (exact) mass is 512 g/mol. The number of halogens is 1. The van der Waals surface area contributed by atoms with Gasteiger partial charge in [0.2, 0.25) is 5.91 Å². The number of piperidine rings is 1. The number of carboxylic acid groups (broad SMARTS) is 1. The number of nitrogens with zero attached hydrogens (tertiary/aromatic N) is 3. The SMILES string of the molecule is COc1ccccc1CN1CCN(C(=O)C(NC(=O)O)C2CCN(CCc3ccccc3F)CC2)CC1.